The highest BCUT2D eigenvalue weighted by Crippen LogP contribution is 2.41. The van der Waals surface area contributed by atoms with Crippen LogP contribution in [0, 0.1) is 17.2 Å². The molecule has 2 aliphatic heterocycles. The van der Waals surface area contributed by atoms with Gasteiger partial charge in [0.2, 0.25) is 0 Å². The van der Waals surface area contributed by atoms with Crippen molar-refractivity contribution in [1.82, 2.24) is 15.5 Å². The maximum absolute atomic E-state index is 9.23. The topological polar surface area (TPSA) is 51.1 Å². The first-order valence-corrected chi connectivity index (χ1v) is 9.42. The van der Waals surface area contributed by atoms with Gasteiger partial charge >= 0.3 is 0 Å². The lowest BCUT2D eigenvalue weighted by molar-refractivity contribution is -0.0309. The molecule has 0 spiro atoms. The summed E-state index contributed by atoms with van der Waals surface area (Å²) in [5.41, 5.74) is 1.63. The number of benzene rings is 1. The van der Waals surface area contributed by atoms with E-state index in [1.54, 1.807) is 0 Å². The molecule has 1 aliphatic carbocycles. The third kappa shape index (κ3) is 3.21. The summed E-state index contributed by atoms with van der Waals surface area (Å²) >= 11 is 0. The molecule has 2 heterocycles. The van der Waals surface area contributed by atoms with Gasteiger partial charge in [-0.25, -0.2) is 0 Å². The van der Waals surface area contributed by atoms with Crippen LogP contribution in [0.3, 0.4) is 0 Å². The van der Waals surface area contributed by atoms with Gasteiger partial charge in [0, 0.05) is 37.1 Å². The molecular weight excluding hydrogens is 296 g/mol. The zero-order valence-electron chi connectivity index (χ0n) is 14.4. The minimum Gasteiger partial charge on any atom is -0.317 e. The van der Waals surface area contributed by atoms with Crippen molar-refractivity contribution in [3.05, 3.63) is 35.9 Å². The highest BCUT2D eigenvalue weighted by atomic mass is 15.3. The molecule has 24 heavy (non-hydrogen) atoms. The van der Waals surface area contributed by atoms with Gasteiger partial charge in [0.1, 0.15) is 0 Å². The number of piperidine rings is 1. The second-order valence-electron chi connectivity index (χ2n) is 7.85. The molecule has 2 atom stereocenters. The van der Waals surface area contributed by atoms with E-state index in [2.05, 4.69) is 51.9 Å². The van der Waals surface area contributed by atoms with Crippen LogP contribution >= 0.6 is 0 Å². The van der Waals surface area contributed by atoms with Crippen molar-refractivity contribution in [2.24, 2.45) is 5.92 Å². The predicted molar refractivity (Wildman–Crippen MR) is 95.7 cm³/mol. The van der Waals surface area contributed by atoms with Crippen LogP contribution in [0.4, 0.5) is 0 Å². The number of hydrogen-bond acceptors (Lipinski definition) is 4. The predicted octanol–water partition coefficient (Wildman–Crippen LogP) is 2.10. The third-order valence-corrected chi connectivity index (χ3v) is 6.26. The minimum atomic E-state index is 0.155. The summed E-state index contributed by atoms with van der Waals surface area (Å²) in [5, 5.41) is 16.4. The van der Waals surface area contributed by atoms with E-state index in [9.17, 15) is 5.26 Å². The van der Waals surface area contributed by atoms with E-state index in [1.165, 1.54) is 12.0 Å². The van der Waals surface area contributed by atoms with E-state index < -0.39 is 0 Å². The Hall–Kier alpha value is -1.41. The van der Waals surface area contributed by atoms with Crippen LogP contribution in [0.15, 0.2) is 30.3 Å². The smallest absolute Gasteiger partial charge is 0.0641 e. The summed E-state index contributed by atoms with van der Waals surface area (Å²) in [6.45, 7) is 5.57. The molecule has 0 unspecified atom stereocenters. The molecule has 2 N–H and O–H groups in total. The molecule has 3 aliphatic rings. The Balaban J connectivity index is 1.22. The zero-order chi connectivity index (χ0) is 16.4. The lowest BCUT2D eigenvalue weighted by Crippen LogP contribution is -2.64. The summed E-state index contributed by atoms with van der Waals surface area (Å²) in [4.78, 5) is 2.59. The number of nitrogens with zero attached hydrogens (tertiary/aromatic N) is 2. The largest absolute Gasteiger partial charge is 0.317 e. The summed E-state index contributed by atoms with van der Waals surface area (Å²) in [7, 11) is 0. The molecule has 128 valence electrons. The van der Waals surface area contributed by atoms with Crippen molar-refractivity contribution in [3.63, 3.8) is 0 Å². The van der Waals surface area contributed by atoms with Crippen LogP contribution in [-0.4, -0.2) is 49.2 Å². The first-order chi connectivity index (χ1) is 11.8. The Morgan fingerprint density at radius 1 is 1.21 bits per heavy atom. The summed E-state index contributed by atoms with van der Waals surface area (Å²) in [6, 6.07) is 14.0. The number of likely N-dealkylation sites (tertiary alicyclic amines) is 1. The first-order valence-electron chi connectivity index (χ1n) is 9.42. The Labute approximate surface area is 145 Å². The van der Waals surface area contributed by atoms with Gasteiger partial charge < -0.3 is 10.6 Å². The first kappa shape index (κ1) is 16.1. The van der Waals surface area contributed by atoms with Gasteiger partial charge in [-0.3, -0.25) is 4.90 Å². The molecule has 0 amide bonds. The van der Waals surface area contributed by atoms with E-state index in [1.807, 2.05) is 0 Å². The summed E-state index contributed by atoms with van der Waals surface area (Å²) in [6.07, 6.45) is 4.22. The number of hydrogen-bond donors (Lipinski definition) is 2. The van der Waals surface area contributed by atoms with E-state index in [4.69, 9.17) is 0 Å². The average Bonchev–Trinajstić information content (AvgIpc) is 3.35. The number of nitrogens with one attached hydrogen (secondary N) is 2. The maximum atomic E-state index is 9.23. The van der Waals surface area contributed by atoms with Crippen molar-refractivity contribution >= 4 is 0 Å². The minimum absolute atomic E-state index is 0.155. The SMILES string of the molecule is N#CCC1(N2CC(CN[C@@H]3C[C@H]3c3ccccc3)C2)CCNCC1. The quantitative estimate of drug-likeness (QED) is 0.841. The molecule has 4 heteroatoms. The third-order valence-electron chi connectivity index (χ3n) is 6.26. The van der Waals surface area contributed by atoms with Gasteiger partial charge in [-0.2, -0.15) is 5.26 Å². The molecule has 3 fully saturated rings. The van der Waals surface area contributed by atoms with Gasteiger partial charge in [-0.1, -0.05) is 30.3 Å². The monoisotopic (exact) mass is 324 g/mol. The van der Waals surface area contributed by atoms with Gasteiger partial charge in [-0.15, -0.1) is 0 Å². The van der Waals surface area contributed by atoms with Crippen LogP contribution in [0.2, 0.25) is 0 Å². The second-order valence-corrected chi connectivity index (χ2v) is 7.85. The van der Waals surface area contributed by atoms with Crippen LogP contribution in [-0.2, 0) is 0 Å². The Morgan fingerprint density at radius 3 is 2.67 bits per heavy atom. The van der Waals surface area contributed by atoms with Crippen molar-refractivity contribution in [1.29, 1.82) is 5.26 Å². The summed E-state index contributed by atoms with van der Waals surface area (Å²) < 4.78 is 0. The summed E-state index contributed by atoms with van der Waals surface area (Å²) in [5.74, 6) is 1.48. The van der Waals surface area contributed by atoms with Crippen LogP contribution < -0.4 is 10.6 Å². The average molecular weight is 324 g/mol. The van der Waals surface area contributed by atoms with Gasteiger partial charge in [0.15, 0.2) is 0 Å². The fourth-order valence-electron chi connectivity index (χ4n) is 4.54. The molecule has 4 rings (SSSR count). The van der Waals surface area contributed by atoms with Crippen molar-refractivity contribution in [2.45, 2.75) is 43.2 Å². The Bertz CT molecular complexity index is 581. The molecule has 0 aromatic heterocycles. The van der Waals surface area contributed by atoms with Gasteiger partial charge in [0.05, 0.1) is 12.5 Å². The molecule has 2 saturated heterocycles. The van der Waals surface area contributed by atoms with Crippen LogP contribution in [0.1, 0.15) is 37.2 Å². The standard InChI is InChI=1S/C20H28N4/c21-9-6-20(7-10-22-11-8-20)24-14-16(15-24)13-23-19-12-18(19)17-4-2-1-3-5-17/h1-5,16,18-19,22-23H,6-8,10-15H2/t18-,19+/m0/s1. The van der Waals surface area contributed by atoms with E-state index >= 15 is 0 Å². The fourth-order valence-corrected chi connectivity index (χ4v) is 4.54. The number of rotatable bonds is 6. The normalized spacial score (nSPS) is 29.6. The highest BCUT2D eigenvalue weighted by Gasteiger charge is 2.45. The zero-order valence-corrected chi connectivity index (χ0v) is 14.4. The van der Waals surface area contributed by atoms with E-state index in [-0.39, 0.29) is 5.54 Å². The van der Waals surface area contributed by atoms with Gasteiger partial charge in [0.25, 0.3) is 0 Å². The molecule has 0 radical (unpaired) electrons. The Morgan fingerprint density at radius 2 is 1.96 bits per heavy atom. The van der Waals surface area contributed by atoms with Crippen LogP contribution in [0.25, 0.3) is 0 Å². The number of nitriles is 1. The molecule has 1 aromatic rings. The molecular formula is C20H28N4. The lowest BCUT2D eigenvalue weighted by atomic mass is 9.79. The molecule has 4 nitrogen and oxygen atoms in total. The lowest BCUT2D eigenvalue weighted by Gasteiger charge is -2.53. The fraction of sp³-hybridized carbons (Fsp3) is 0.650. The van der Waals surface area contributed by atoms with Crippen LogP contribution in [0.5, 0.6) is 0 Å². The van der Waals surface area contributed by atoms with E-state index in [0.29, 0.717) is 12.5 Å². The van der Waals surface area contributed by atoms with Crippen molar-refractivity contribution in [3.8, 4) is 6.07 Å². The van der Waals surface area contributed by atoms with Crippen molar-refractivity contribution < 1.29 is 0 Å². The Kier molecular flexibility index (Phi) is 4.58. The second kappa shape index (κ2) is 6.84. The van der Waals surface area contributed by atoms with E-state index in [0.717, 1.165) is 57.4 Å². The molecule has 0 bridgehead atoms. The van der Waals surface area contributed by atoms with Crippen molar-refractivity contribution in [2.75, 3.05) is 32.7 Å². The molecule has 1 aromatic carbocycles. The molecule has 1 saturated carbocycles. The maximum Gasteiger partial charge on any atom is 0.0641 e. The highest BCUT2D eigenvalue weighted by molar-refractivity contribution is 5.27. The van der Waals surface area contributed by atoms with Gasteiger partial charge in [-0.05, 0) is 43.8 Å².